The number of Topliss-reactive ketones (excluding diaryl/α,β-unsaturated/α-hetero) is 1. The summed E-state index contributed by atoms with van der Waals surface area (Å²) in [4.78, 5) is 23.9. The molecule has 0 aliphatic heterocycles. The highest BCUT2D eigenvalue weighted by Crippen LogP contribution is 2.26. The van der Waals surface area contributed by atoms with Crippen molar-refractivity contribution in [1.29, 1.82) is 0 Å². The fraction of sp³-hybridized carbons (Fsp3) is 0.200. The van der Waals surface area contributed by atoms with Crippen molar-refractivity contribution < 1.29 is 29.6 Å². The Morgan fingerprint density at radius 2 is 1.81 bits per heavy atom. The molecule has 2 aromatic carbocycles. The molecular weight excluding hydrogens is 336 g/mol. The number of rotatable bonds is 8. The molecule has 0 saturated heterocycles. The highest BCUT2D eigenvalue weighted by molar-refractivity contribution is 6.06. The molecule has 1 atom stereocenters. The summed E-state index contributed by atoms with van der Waals surface area (Å²) < 4.78 is 4.98. The Labute approximate surface area is 151 Å². The van der Waals surface area contributed by atoms with Crippen LogP contribution in [0.5, 0.6) is 17.2 Å². The predicted octanol–water partition coefficient (Wildman–Crippen LogP) is 2.77. The van der Waals surface area contributed by atoms with Gasteiger partial charge in [0.05, 0.1) is 19.6 Å². The maximum absolute atomic E-state index is 11.9. The number of aliphatic hydroxyl groups is 1. The maximum Gasteiger partial charge on any atom is 0.163 e. The van der Waals surface area contributed by atoms with Crippen molar-refractivity contribution in [3.8, 4) is 17.2 Å². The number of benzene rings is 2. The Morgan fingerprint density at radius 1 is 1.12 bits per heavy atom. The van der Waals surface area contributed by atoms with Crippen molar-refractivity contribution in [2.75, 3.05) is 7.11 Å². The third kappa shape index (κ3) is 5.46. The van der Waals surface area contributed by atoms with E-state index in [1.54, 1.807) is 12.1 Å². The largest absolute Gasteiger partial charge is 0.508 e. The van der Waals surface area contributed by atoms with Crippen LogP contribution in [-0.2, 0) is 9.59 Å². The third-order valence-corrected chi connectivity index (χ3v) is 3.74. The molecular formula is C20H20O6. The van der Waals surface area contributed by atoms with E-state index in [2.05, 4.69) is 0 Å². The van der Waals surface area contributed by atoms with Gasteiger partial charge < -0.3 is 20.1 Å². The molecule has 0 saturated carbocycles. The molecule has 6 nitrogen and oxygen atoms in total. The van der Waals surface area contributed by atoms with Crippen LogP contribution in [0.3, 0.4) is 0 Å². The van der Waals surface area contributed by atoms with Gasteiger partial charge in [0.15, 0.2) is 17.3 Å². The number of carbonyl (C=O) groups excluding carboxylic acids is 2. The van der Waals surface area contributed by atoms with E-state index in [-0.39, 0.29) is 41.7 Å². The Kier molecular flexibility index (Phi) is 6.52. The third-order valence-electron chi connectivity index (χ3n) is 3.74. The summed E-state index contributed by atoms with van der Waals surface area (Å²) in [5, 5.41) is 28.8. The second-order valence-electron chi connectivity index (χ2n) is 5.76. The van der Waals surface area contributed by atoms with Crippen LogP contribution in [0, 0.1) is 0 Å². The molecule has 0 heterocycles. The van der Waals surface area contributed by atoms with Gasteiger partial charge in [0, 0.05) is 6.42 Å². The summed E-state index contributed by atoms with van der Waals surface area (Å²) >= 11 is 0. The number of allylic oxidation sites excluding steroid dienone is 1. The number of ketones is 2. The highest BCUT2D eigenvalue weighted by Gasteiger charge is 2.15. The minimum absolute atomic E-state index is 0.00521. The number of methoxy groups -OCH3 is 1. The van der Waals surface area contributed by atoms with Gasteiger partial charge >= 0.3 is 0 Å². The predicted molar refractivity (Wildman–Crippen MR) is 96.0 cm³/mol. The SMILES string of the molecule is COc1cc(C=CC(=O)CC(=O)C[C@@H](O)c2ccc(O)cc2)ccc1O. The molecule has 6 heteroatoms. The molecule has 0 amide bonds. The van der Waals surface area contributed by atoms with Gasteiger partial charge in [-0.1, -0.05) is 24.3 Å². The minimum atomic E-state index is -1.03. The maximum atomic E-state index is 11.9. The van der Waals surface area contributed by atoms with E-state index in [1.807, 2.05) is 0 Å². The van der Waals surface area contributed by atoms with E-state index < -0.39 is 6.10 Å². The summed E-state index contributed by atoms with van der Waals surface area (Å²) in [6.07, 6.45) is 1.27. The number of hydrogen-bond donors (Lipinski definition) is 3. The van der Waals surface area contributed by atoms with Crippen LogP contribution in [0.15, 0.2) is 48.5 Å². The molecule has 0 aliphatic carbocycles. The molecule has 0 radical (unpaired) electrons. The molecule has 0 aromatic heterocycles. The Morgan fingerprint density at radius 3 is 2.46 bits per heavy atom. The van der Waals surface area contributed by atoms with Crippen molar-refractivity contribution >= 4 is 17.6 Å². The lowest BCUT2D eigenvalue weighted by atomic mass is 10.0. The summed E-state index contributed by atoms with van der Waals surface area (Å²) in [6.45, 7) is 0. The van der Waals surface area contributed by atoms with Gasteiger partial charge in [-0.25, -0.2) is 0 Å². The van der Waals surface area contributed by atoms with Crippen molar-refractivity contribution in [2.24, 2.45) is 0 Å². The number of aliphatic hydroxyl groups excluding tert-OH is 1. The fourth-order valence-electron chi connectivity index (χ4n) is 2.34. The first-order valence-corrected chi connectivity index (χ1v) is 7.95. The molecule has 0 fully saturated rings. The second kappa shape index (κ2) is 8.82. The first kappa shape index (κ1) is 19.2. The average molecular weight is 356 g/mol. The lowest BCUT2D eigenvalue weighted by Crippen LogP contribution is -2.10. The van der Waals surface area contributed by atoms with Gasteiger partial charge in [0.2, 0.25) is 0 Å². The zero-order valence-electron chi connectivity index (χ0n) is 14.3. The Hall–Kier alpha value is -3.12. The van der Waals surface area contributed by atoms with Crippen molar-refractivity contribution in [3.63, 3.8) is 0 Å². The van der Waals surface area contributed by atoms with Crippen molar-refractivity contribution in [3.05, 3.63) is 59.7 Å². The summed E-state index contributed by atoms with van der Waals surface area (Å²) in [7, 11) is 1.42. The molecule has 26 heavy (non-hydrogen) atoms. The number of carbonyl (C=O) groups is 2. The van der Waals surface area contributed by atoms with E-state index >= 15 is 0 Å². The number of hydrogen-bond acceptors (Lipinski definition) is 6. The van der Waals surface area contributed by atoms with Crippen LogP contribution in [0.4, 0.5) is 0 Å². The average Bonchev–Trinajstić information content (AvgIpc) is 2.61. The van der Waals surface area contributed by atoms with Crippen molar-refractivity contribution in [1.82, 2.24) is 0 Å². The Bertz CT molecular complexity index is 808. The molecule has 3 N–H and O–H groups in total. The molecule has 0 spiro atoms. The van der Waals surface area contributed by atoms with Crippen LogP contribution in [0.25, 0.3) is 6.08 Å². The van der Waals surface area contributed by atoms with Crippen LogP contribution < -0.4 is 4.74 Å². The number of aromatic hydroxyl groups is 2. The summed E-state index contributed by atoms with van der Waals surface area (Å²) in [5.41, 5.74) is 1.14. The minimum Gasteiger partial charge on any atom is -0.508 e. The smallest absolute Gasteiger partial charge is 0.163 e. The molecule has 2 rings (SSSR count). The van der Waals surface area contributed by atoms with Gasteiger partial charge in [-0.2, -0.15) is 0 Å². The molecule has 0 unspecified atom stereocenters. The van der Waals surface area contributed by atoms with Gasteiger partial charge in [0.25, 0.3) is 0 Å². The lowest BCUT2D eigenvalue weighted by molar-refractivity contribution is -0.126. The fourth-order valence-corrected chi connectivity index (χ4v) is 2.34. The van der Waals surface area contributed by atoms with Crippen LogP contribution in [-0.4, -0.2) is 34.0 Å². The zero-order valence-corrected chi connectivity index (χ0v) is 14.3. The van der Waals surface area contributed by atoms with Gasteiger partial charge in [-0.3, -0.25) is 9.59 Å². The summed E-state index contributed by atoms with van der Waals surface area (Å²) in [5.74, 6) is -0.427. The zero-order chi connectivity index (χ0) is 19.1. The lowest BCUT2D eigenvalue weighted by Gasteiger charge is -2.09. The van der Waals surface area contributed by atoms with E-state index in [0.29, 0.717) is 11.1 Å². The van der Waals surface area contributed by atoms with Crippen molar-refractivity contribution in [2.45, 2.75) is 18.9 Å². The quantitative estimate of drug-likeness (QED) is 0.496. The number of phenolic OH excluding ortho intramolecular Hbond substituents is 2. The monoisotopic (exact) mass is 356 g/mol. The normalized spacial score (nSPS) is 12.1. The first-order valence-electron chi connectivity index (χ1n) is 7.95. The van der Waals surface area contributed by atoms with Gasteiger partial charge in [-0.15, -0.1) is 0 Å². The first-order chi connectivity index (χ1) is 12.4. The van der Waals surface area contributed by atoms with E-state index in [9.17, 15) is 24.9 Å². The summed E-state index contributed by atoms with van der Waals surface area (Å²) in [6, 6.07) is 10.5. The van der Waals surface area contributed by atoms with E-state index in [4.69, 9.17) is 4.74 Å². The molecule has 0 aliphatic rings. The molecule has 136 valence electrons. The second-order valence-corrected chi connectivity index (χ2v) is 5.76. The Balaban J connectivity index is 1.90. The van der Waals surface area contributed by atoms with Crippen LogP contribution in [0.1, 0.15) is 30.1 Å². The highest BCUT2D eigenvalue weighted by atomic mass is 16.5. The van der Waals surface area contributed by atoms with Crippen LogP contribution in [0.2, 0.25) is 0 Å². The van der Waals surface area contributed by atoms with Gasteiger partial charge in [-0.05, 0) is 41.5 Å². The topological polar surface area (TPSA) is 104 Å². The van der Waals surface area contributed by atoms with Gasteiger partial charge in [0.1, 0.15) is 11.5 Å². The number of ether oxygens (including phenoxy) is 1. The van der Waals surface area contributed by atoms with Crippen LogP contribution >= 0.6 is 0 Å². The molecule has 2 aromatic rings. The van der Waals surface area contributed by atoms with E-state index in [0.717, 1.165) is 0 Å². The molecule has 0 bridgehead atoms. The van der Waals surface area contributed by atoms with E-state index in [1.165, 1.54) is 49.6 Å². The number of phenols is 2. The standard InChI is InChI=1S/C20H20O6/c1-26-20-10-13(3-9-18(20)24)2-6-16(22)11-17(23)12-19(25)14-4-7-15(21)8-5-14/h2-10,19,21,24-25H,11-12H2,1H3/t19-/m1/s1.